The van der Waals surface area contributed by atoms with E-state index in [0.29, 0.717) is 13.0 Å². The Balaban J connectivity index is 1.72. The number of aromatic nitrogens is 2. The number of hydrogen-bond acceptors (Lipinski definition) is 4. The Morgan fingerprint density at radius 2 is 1.83 bits per heavy atom. The summed E-state index contributed by atoms with van der Waals surface area (Å²) in [6, 6.07) is 15.7. The molecule has 6 nitrogen and oxygen atoms in total. The molecule has 2 aromatic carbocycles. The maximum Gasteiger partial charge on any atom is 0.211 e. The van der Waals surface area contributed by atoms with E-state index in [1.807, 2.05) is 53.1 Å². The van der Waals surface area contributed by atoms with Crippen LogP contribution in [0.3, 0.4) is 0 Å². The molecule has 0 aliphatic rings. The van der Waals surface area contributed by atoms with Crippen LogP contribution in [0.5, 0.6) is 0 Å². The van der Waals surface area contributed by atoms with Crippen LogP contribution in [0.1, 0.15) is 12.0 Å². The number of benzene rings is 2. The third-order valence-corrected chi connectivity index (χ3v) is 5.19. The summed E-state index contributed by atoms with van der Waals surface area (Å²) in [6.07, 6.45) is 2.25. The molecule has 0 atom stereocenters. The van der Waals surface area contributed by atoms with Gasteiger partial charge in [-0.2, -0.15) is 0 Å². The molecule has 7 heteroatoms. The zero-order valence-corrected chi connectivity index (χ0v) is 14.0. The van der Waals surface area contributed by atoms with Crippen LogP contribution in [-0.4, -0.2) is 30.3 Å². The van der Waals surface area contributed by atoms with Crippen molar-refractivity contribution in [1.29, 1.82) is 0 Å². The molecular weight excluding hydrogens is 324 g/mol. The number of nitrogens with two attached hydrogens (primary N) is 1. The van der Waals surface area contributed by atoms with Crippen LogP contribution in [0.25, 0.3) is 16.7 Å². The fraction of sp³-hybridized carbons (Fsp3) is 0.235. The smallest absolute Gasteiger partial charge is 0.211 e. The Morgan fingerprint density at radius 3 is 2.58 bits per heavy atom. The maximum atomic E-state index is 11.8. The van der Waals surface area contributed by atoms with Crippen LogP contribution in [0.15, 0.2) is 54.9 Å². The van der Waals surface area contributed by atoms with Gasteiger partial charge in [0.05, 0.1) is 16.8 Å². The largest absolute Gasteiger partial charge is 0.330 e. The van der Waals surface area contributed by atoms with Crippen molar-refractivity contribution in [2.24, 2.45) is 5.73 Å². The Hall–Kier alpha value is -2.22. The van der Waals surface area contributed by atoms with Crippen molar-refractivity contribution in [3.63, 3.8) is 0 Å². The highest BCUT2D eigenvalue weighted by Gasteiger charge is 2.09. The van der Waals surface area contributed by atoms with Gasteiger partial charge in [-0.1, -0.05) is 24.3 Å². The van der Waals surface area contributed by atoms with Crippen molar-refractivity contribution in [3.05, 3.63) is 60.4 Å². The first-order valence-corrected chi connectivity index (χ1v) is 9.43. The van der Waals surface area contributed by atoms with Crippen LogP contribution in [0.4, 0.5) is 0 Å². The number of sulfonamides is 1. The topological polar surface area (TPSA) is 90.0 Å². The molecule has 0 saturated heterocycles. The molecule has 0 fully saturated rings. The molecule has 3 aromatic rings. The Labute approximate surface area is 141 Å². The number of nitrogens with zero attached hydrogens (tertiary/aromatic N) is 2. The zero-order valence-electron chi connectivity index (χ0n) is 13.2. The van der Waals surface area contributed by atoms with Gasteiger partial charge in [0.2, 0.25) is 10.0 Å². The van der Waals surface area contributed by atoms with Gasteiger partial charge in [0, 0.05) is 12.2 Å². The van der Waals surface area contributed by atoms with Gasteiger partial charge in [-0.05, 0) is 42.8 Å². The highest BCUT2D eigenvalue weighted by molar-refractivity contribution is 7.89. The number of para-hydroxylation sites is 2. The summed E-state index contributed by atoms with van der Waals surface area (Å²) in [6.45, 7) is 0.645. The molecule has 0 saturated carbocycles. The van der Waals surface area contributed by atoms with Gasteiger partial charge < -0.3 is 5.73 Å². The second-order valence-corrected chi connectivity index (χ2v) is 7.48. The molecule has 3 N–H and O–H groups in total. The number of hydrogen-bond donors (Lipinski definition) is 2. The standard InChI is InChI=1S/C17H20N4O2S/c18-10-3-11-24(22,23)20-12-14-6-8-15(9-7-14)21-13-19-16-4-1-2-5-17(16)21/h1-2,4-9,13,20H,3,10-12,18H2. The van der Waals surface area contributed by atoms with Crippen molar-refractivity contribution in [2.75, 3.05) is 12.3 Å². The van der Waals surface area contributed by atoms with Gasteiger partial charge in [-0.25, -0.2) is 18.1 Å². The van der Waals surface area contributed by atoms with E-state index in [9.17, 15) is 8.42 Å². The van der Waals surface area contributed by atoms with Gasteiger partial charge in [0.25, 0.3) is 0 Å². The van der Waals surface area contributed by atoms with E-state index in [2.05, 4.69) is 9.71 Å². The zero-order chi connectivity index (χ0) is 17.0. The maximum absolute atomic E-state index is 11.8. The monoisotopic (exact) mass is 344 g/mol. The highest BCUT2D eigenvalue weighted by atomic mass is 32.2. The lowest BCUT2D eigenvalue weighted by Gasteiger charge is -2.08. The third-order valence-electron chi connectivity index (χ3n) is 3.78. The number of rotatable bonds is 7. The number of imidazole rings is 1. The van der Waals surface area contributed by atoms with Crippen molar-refractivity contribution in [1.82, 2.24) is 14.3 Å². The number of nitrogens with one attached hydrogen (secondary N) is 1. The SMILES string of the molecule is NCCCS(=O)(=O)NCc1ccc(-n2cnc3ccccc32)cc1. The Kier molecular flexibility index (Phi) is 4.94. The van der Waals surface area contributed by atoms with Gasteiger partial charge in [0.15, 0.2) is 0 Å². The normalized spacial score (nSPS) is 11.9. The van der Waals surface area contributed by atoms with Gasteiger partial charge in [0.1, 0.15) is 6.33 Å². The van der Waals surface area contributed by atoms with Crippen molar-refractivity contribution < 1.29 is 8.42 Å². The Morgan fingerprint density at radius 1 is 1.08 bits per heavy atom. The Bertz CT molecular complexity index is 917. The van der Waals surface area contributed by atoms with Gasteiger partial charge in [-0.15, -0.1) is 0 Å². The molecule has 24 heavy (non-hydrogen) atoms. The van der Waals surface area contributed by atoms with Crippen molar-refractivity contribution >= 4 is 21.1 Å². The highest BCUT2D eigenvalue weighted by Crippen LogP contribution is 2.18. The van der Waals surface area contributed by atoms with Gasteiger partial charge in [-0.3, -0.25) is 4.57 Å². The summed E-state index contributed by atoms with van der Waals surface area (Å²) in [5, 5.41) is 0. The molecule has 1 heterocycles. The first kappa shape index (κ1) is 16.6. The van der Waals surface area contributed by atoms with Crippen LogP contribution in [-0.2, 0) is 16.6 Å². The average molecular weight is 344 g/mol. The summed E-state index contributed by atoms with van der Waals surface area (Å²) < 4.78 is 28.2. The fourth-order valence-corrected chi connectivity index (χ4v) is 3.56. The molecule has 0 aliphatic carbocycles. The van der Waals surface area contributed by atoms with E-state index in [1.165, 1.54) is 0 Å². The lowest BCUT2D eigenvalue weighted by Crippen LogP contribution is -2.27. The molecule has 0 radical (unpaired) electrons. The van der Waals surface area contributed by atoms with Crippen LogP contribution in [0.2, 0.25) is 0 Å². The van der Waals surface area contributed by atoms with Crippen molar-refractivity contribution in [2.45, 2.75) is 13.0 Å². The summed E-state index contributed by atoms with van der Waals surface area (Å²) in [4.78, 5) is 4.38. The van der Waals surface area contributed by atoms with Crippen LogP contribution in [0, 0.1) is 0 Å². The van der Waals surface area contributed by atoms with E-state index in [-0.39, 0.29) is 12.3 Å². The molecular formula is C17H20N4O2S. The molecule has 0 unspecified atom stereocenters. The number of fused-ring (bicyclic) bond motifs is 1. The first-order chi connectivity index (χ1) is 11.6. The molecule has 1 aromatic heterocycles. The molecule has 3 rings (SSSR count). The van der Waals surface area contributed by atoms with Crippen molar-refractivity contribution in [3.8, 4) is 5.69 Å². The average Bonchev–Trinajstić information content (AvgIpc) is 3.03. The second kappa shape index (κ2) is 7.12. The first-order valence-electron chi connectivity index (χ1n) is 7.78. The quantitative estimate of drug-likeness (QED) is 0.684. The molecule has 0 spiro atoms. The lowest BCUT2D eigenvalue weighted by atomic mass is 10.2. The minimum Gasteiger partial charge on any atom is -0.330 e. The van der Waals surface area contributed by atoms with E-state index in [4.69, 9.17) is 5.73 Å². The lowest BCUT2D eigenvalue weighted by molar-refractivity contribution is 0.579. The summed E-state index contributed by atoms with van der Waals surface area (Å²) >= 11 is 0. The van der Waals surface area contributed by atoms with E-state index >= 15 is 0 Å². The van der Waals surface area contributed by atoms with E-state index in [1.54, 1.807) is 6.33 Å². The van der Waals surface area contributed by atoms with Crippen LogP contribution >= 0.6 is 0 Å². The van der Waals surface area contributed by atoms with E-state index < -0.39 is 10.0 Å². The molecule has 0 amide bonds. The summed E-state index contributed by atoms with van der Waals surface area (Å²) in [7, 11) is -3.27. The molecule has 126 valence electrons. The summed E-state index contributed by atoms with van der Waals surface area (Å²) in [5.74, 6) is 0.0581. The molecule has 0 aliphatic heterocycles. The minimum absolute atomic E-state index is 0.0581. The predicted octanol–water partition coefficient (Wildman–Crippen LogP) is 1.79. The summed E-state index contributed by atoms with van der Waals surface area (Å²) in [5.41, 5.74) is 9.21. The van der Waals surface area contributed by atoms with Crippen LogP contribution < -0.4 is 10.5 Å². The third kappa shape index (κ3) is 3.81. The second-order valence-electron chi connectivity index (χ2n) is 5.55. The molecule has 0 bridgehead atoms. The minimum atomic E-state index is -3.27. The van der Waals surface area contributed by atoms with Gasteiger partial charge >= 0.3 is 0 Å². The van der Waals surface area contributed by atoms with E-state index in [0.717, 1.165) is 22.3 Å². The predicted molar refractivity (Wildman–Crippen MR) is 95.4 cm³/mol. The fourth-order valence-electron chi connectivity index (χ4n) is 2.48.